The van der Waals surface area contributed by atoms with Crippen LogP contribution in [0.4, 0.5) is 17.6 Å². The molecule has 1 amide bonds. The Hall–Kier alpha value is -2.03. The molecule has 0 bridgehead atoms. The number of aliphatic imine (C=N–C) groups is 1. The summed E-state index contributed by atoms with van der Waals surface area (Å²) in [5, 5.41) is 17.4. The van der Waals surface area contributed by atoms with Gasteiger partial charge in [-0.15, -0.1) is 0 Å². The normalized spacial score (nSPS) is 15.3. The summed E-state index contributed by atoms with van der Waals surface area (Å²) in [7, 11) is -4.30. The van der Waals surface area contributed by atoms with Crippen LogP contribution in [0.3, 0.4) is 0 Å². The van der Waals surface area contributed by atoms with Gasteiger partial charge in [-0.2, -0.15) is 23.4 Å². The molecule has 0 atom stereocenters. The molecule has 0 saturated carbocycles. The predicted molar refractivity (Wildman–Crippen MR) is 106 cm³/mol. The van der Waals surface area contributed by atoms with Gasteiger partial charge in [0.25, 0.3) is 16.0 Å². The van der Waals surface area contributed by atoms with Gasteiger partial charge in [0, 0.05) is 18.8 Å². The Bertz CT molecular complexity index is 1110. The Morgan fingerprint density at radius 1 is 1.16 bits per heavy atom. The molecular weight excluding hydrogens is 461 g/mol. The summed E-state index contributed by atoms with van der Waals surface area (Å²) in [4.78, 5) is 28.7. The van der Waals surface area contributed by atoms with Crippen molar-refractivity contribution < 1.29 is 52.4 Å². The molecule has 15 heteroatoms. The van der Waals surface area contributed by atoms with Crippen LogP contribution < -0.4 is 45.3 Å². The molecule has 3 rings (SSSR count). The van der Waals surface area contributed by atoms with E-state index in [9.17, 15) is 18.3 Å². The zero-order chi connectivity index (χ0) is 22.1. The first-order valence-electron chi connectivity index (χ1n) is 8.54. The number of hydrogen-bond acceptors (Lipinski definition) is 10. The molecule has 0 spiro atoms. The van der Waals surface area contributed by atoms with Crippen LogP contribution in [-0.2, 0) is 14.9 Å². The van der Waals surface area contributed by atoms with Gasteiger partial charge in [-0.1, -0.05) is 0 Å². The zero-order valence-corrected chi connectivity index (χ0v) is 20.4. The standard InChI is InChI=1S/C16H18ClN7O5S.Na/c1-16(2)11(25)24(15(26)23-16)8-7-18-13-20-12(17)21-14(22-13)19-9-3-5-10(6-4-9)30(27,28)29;/h3-6H,7-8H2,1-2H3,(H,23,26)(H,27,28,29)(H2,18,19,20,21,22);/q;+1/p-1. The smallest absolute Gasteiger partial charge is 0.846 e. The van der Waals surface area contributed by atoms with Crippen molar-refractivity contribution in [1.29, 1.82) is 0 Å². The molecule has 0 saturated heterocycles. The Labute approximate surface area is 205 Å². The maximum absolute atomic E-state index is 12.1. The Morgan fingerprint density at radius 3 is 2.32 bits per heavy atom. The third kappa shape index (κ3) is 6.24. The topological polar surface area (TPSA) is 173 Å². The van der Waals surface area contributed by atoms with Crippen molar-refractivity contribution in [2.75, 3.05) is 23.7 Å². The number of nitrogens with one attached hydrogen (secondary N) is 2. The van der Waals surface area contributed by atoms with E-state index in [0.717, 1.165) is 4.90 Å². The van der Waals surface area contributed by atoms with Gasteiger partial charge in [-0.3, -0.25) is 14.3 Å². The largest absolute Gasteiger partial charge is 1.00 e. The van der Waals surface area contributed by atoms with E-state index in [1.807, 2.05) is 0 Å². The monoisotopic (exact) mass is 477 g/mol. The Morgan fingerprint density at radius 2 is 1.77 bits per heavy atom. The van der Waals surface area contributed by atoms with Crippen LogP contribution in [0.2, 0.25) is 5.28 Å². The van der Waals surface area contributed by atoms with Crippen LogP contribution in [0.25, 0.3) is 0 Å². The van der Waals surface area contributed by atoms with Crippen LogP contribution in [0.15, 0.2) is 34.2 Å². The van der Waals surface area contributed by atoms with Crippen LogP contribution >= 0.6 is 11.6 Å². The fourth-order valence-corrected chi connectivity index (χ4v) is 3.21. The molecule has 2 aromatic rings. The molecule has 2 heterocycles. The summed E-state index contributed by atoms with van der Waals surface area (Å²) in [5.74, 6) is -0.220. The first-order chi connectivity index (χ1) is 14.0. The van der Waals surface area contributed by atoms with E-state index in [-0.39, 0.29) is 64.7 Å². The maximum atomic E-state index is 12.1. The minimum Gasteiger partial charge on any atom is -0.846 e. The fraction of sp³-hybridized carbons (Fsp3) is 0.312. The molecule has 0 fully saturated rings. The van der Waals surface area contributed by atoms with Crippen LogP contribution in [0.1, 0.15) is 13.8 Å². The summed E-state index contributed by atoms with van der Waals surface area (Å²) < 4.78 is 31.2. The quantitative estimate of drug-likeness (QED) is 0.280. The molecular formula is C16H17ClN7NaO5S. The van der Waals surface area contributed by atoms with Crippen LogP contribution in [0, 0.1) is 0 Å². The van der Waals surface area contributed by atoms with Gasteiger partial charge >= 0.3 is 29.6 Å². The number of carbonyl (C=O) groups excluding carboxylic acids is 1. The SMILES string of the molecule is CC1(C)N=C([O-])N(CCNc2nc(Cl)nc(Nc3ccc(S(=O)(=O)O)cc3)n2)C1=O.[Na+]. The number of hydrogen-bond donors (Lipinski definition) is 3. The predicted octanol–water partition coefficient (Wildman–Crippen LogP) is -2.73. The van der Waals surface area contributed by atoms with Gasteiger partial charge in [0.15, 0.2) is 0 Å². The van der Waals surface area contributed by atoms with E-state index in [2.05, 4.69) is 30.6 Å². The van der Waals surface area contributed by atoms with Crippen molar-refractivity contribution in [2.45, 2.75) is 24.3 Å². The number of aromatic nitrogens is 3. The molecule has 1 aromatic heterocycles. The van der Waals surface area contributed by atoms with Crippen LogP contribution in [-0.4, -0.2) is 63.4 Å². The number of benzene rings is 1. The van der Waals surface area contributed by atoms with Crippen molar-refractivity contribution in [3.63, 3.8) is 0 Å². The summed E-state index contributed by atoms with van der Waals surface area (Å²) in [6.45, 7) is 3.35. The molecule has 1 aliphatic rings. The molecule has 0 unspecified atom stereocenters. The average molecular weight is 478 g/mol. The summed E-state index contributed by atoms with van der Waals surface area (Å²) in [5.41, 5.74) is -0.636. The van der Waals surface area contributed by atoms with Crippen LogP contribution in [0.5, 0.6) is 0 Å². The van der Waals surface area contributed by atoms with Gasteiger partial charge in [-0.25, -0.2) is 0 Å². The molecule has 1 aliphatic heterocycles. The van der Waals surface area contributed by atoms with E-state index in [1.54, 1.807) is 13.8 Å². The number of amidine groups is 1. The Kier molecular flexibility index (Phi) is 7.84. The van der Waals surface area contributed by atoms with Gasteiger partial charge in [0.2, 0.25) is 17.2 Å². The first kappa shape index (κ1) is 25.2. The molecule has 0 aliphatic carbocycles. The van der Waals surface area contributed by atoms with Crippen molar-refractivity contribution in [3.05, 3.63) is 29.5 Å². The molecule has 0 radical (unpaired) electrons. The van der Waals surface area contributed by atoms with E-state index in [1.165, 1.54) is 24.3 Å². The zero-order valence-electron chi connectivity index (χ0n) is 16.8. The van der Waals surface area contributed by atoms with E-state index < -0.39 is 27.6 Å². The molecule has 1 aromatic carbocycles. The second-order valence-electron chi connectivity index (χ2n) is 6.71. The third-order valence-electron chi connectivity index (χ3n) is 4.01. The minimum absolute atomic E-state index is 0. The van der Waals surface area contributed by atoms with E-state index >= 15 is 0 Å². The summed E-state index contributed by atoms with van der Waals surface area (Å²) in [6.07, 6.45) is 0. The molecule has 160 valence electrons. The van der Waals surface area contributed by atoms with Gasteiger partial charge in [0.1, 0.15) is 5.54 Å². The third-order valence-corrected chi connectivity index (χ3v) is 5.05. The average Bonchev–Trinajstić information content (AvgIpc) is 2.82. The van der Waals surface area contributed by atoms with E-state index in [0.29, 0.717) is 5.69 Å². The van der Waals surface area contributed by atoms with Gasteiger partial charge < -0.3 is 20.6 Å². The minimum atomic E-state index is -4.30. The molecule has 31 heavy (non-hydrogen) atoms. The number of anilines is 3. The molecule has 12 nitrogen and oxygen atoms in total. The second kappa shape index (κ2) is 9.63. The second-order valence-corrected chi connectivity index (χ2v) is 8.47. The van der Waals surface area contributed by atoms with Crippen molar-refractivity contribution in [3.8, 4) is 0 Å². The number of halogens is 1. The number of amides is 1. The molecule has 3 N–H and O–H groups in total. The Balaban J connectivity index is 0.00000341. The first-order valence-corrected chi connectivity index (χ1v) is 10.4. The van der Waals surface area contributed by atoms with Crippen molar-refractivity contribution in [1.82, 2.24) is 19.9 Å². The van der Waals surface area contributed by atoms with Crippen molar-refractivity contribution >= 4 is 51.2 Å². The van der Waals surface area contributed by atoms with Crippen molar-refractivity contribution in [2.24, 2.45) is 4.99 Å². The number of carbonyl (C=O) groups is 1. The number of rotatable bonds is 7. The number of nitrogens with zero attached hydrogens (tertiary/aromatic N) is 5. The van der Waals surface area contributed by atoms with Gasteiger partial charge in [0.05, 0.1) is 10.9 Å². The summed E-state index contributed by atoms with van der Waals surface area (Å²) >= 11 is 5.90. The van der Waals surface area contributed by atoms with E-state index in [4.69, 9.17) is 16.2 Å². The fourth-order valence-electron chi connectivity index (χ4n) is 2.57. The van der Waals surface area contributed by atoms with Gasteiger partial charge in [-0.05, 0) is 49.7 Å². The maximum Gasteiger partial charge on any atom is 1.00 e. The summed E-state index contributed by atoms with van der Waals surface area (Å²) in [6, 6.07) is 4.62.